The van der Waals surface area contributed by atoms with Crippen LogP contribution in [-0.4, -0.2) is 15.3 Å². The van der Waals surface area contributed by atoms with Crippen molar-refractivity contribution in [2.24, 2.45) is 0 Å². The zero-order valence-electron chi connectivity index (χ0n) is 12.9. The third kappa shape index (κ3) is 4.47. The first-order valence-corrected chi connectivity index (χ1v) is 7.72. The summed E-state index contributed by atoms with van der Waals surface area (Å²) in [5.74, 6) is 0. The molecule has 21 heavy (non-hydrogen) atoms. The lowest BCUT2D eigenvalue weighted by atomic mass is 10.1. The summed E-state index contributed by atoms with van der Waals surface area (Å²) in [6, 6.07) is 5.56. The van der Waals surface area contributed by atoms with E-state index in [2.05, 4.69) is 38.1 Å². The first kappa shape index (κ1) is 16.3. The number of halogens is 2. The highest BCUT2D eigenvalue weighted by atomic mass is 35.5. The van der Waals surface area contributed by atoms with Gasteiger partial charge in [-0.05, 0) is 45.4 Å². The van der Waals surface area contributed by atoms with Gasteiger partial charge in [0, 0.05) is 33.4 Å². The lowest BCUT2D eigenvalue weighted by Crippen LogP contribution is -2.35. The summed E-state index contributed by atoms with van der Waals surface area (Å²) in [6.45, 7) is 10.00. The highest BCUT2D eigenvalue weighted by molar-refractivity contribution is 6.35. The van der Waals surface area contributed by atoms with E-state index in [-0.39, 0.29) is 5.54 Å². The van der Waals surface area contributed by atoms with Gasteiger partial charge in [0.15, 0.2) is 0 Å². The lowest BCUT2D eigenvalue weighted by Gasteiger charge is -2.20. The quantitative estimate of drug-likeness (QED) is 0.900. The third-order valence-electron chi connectivity index (χ3n) is 3.35. The zero-order chi connectivity index (χ0) is 15.6. The van der Waals surface area contributed by atoms with Gasteiger partial charge in [-0.3, -0.25) is 4.68 Å². The Morgan fingerprint density at radius 1 is 1.19 bits per heavy atom. The van der Waals surface area contributed by atoms with Crippen molar-refractivity contribution in [2.45, 2.75) is 46.3 Å². The first-order chi connectivity index (χ1) is 9.76. The van der Waals surface area contributed by atoms with E-state index in [1.807, 2.05) is 23.0 Å². The molecule has 0 saturated heterocycles. The van der Waals surface area contributed by atoms with E-state index in [0.29, 0.717) is 16.6 Å². The van der Waals surface area contributed by atoms with E-state index in [1.165, 1.54) is 5.56 Å². The van der Waals surface area contributed by atoms with E-state index in [9.17, 15) is 0 Å². The lowest BCUT2D eigenvalue weighted by molar-refractivity contribution is 0.423. The summed E-state index contributed by atoms with van der Waals surface area (Å²) in [4.78, 5) is 0. The number of hydrogen-bond acceptors (Lipinski definition) is 2. The van der Waals surface area contributed by atoms with Gasteiger partial charge in [-0.2, -0.15) is 5.10 Å². The number of aromatic nitrogens is 2. The second-order valence-corrected chi connectivity index (χ2v) is 7.10. The Hall–Kier alpha value is -1.03. The maximum absolute atomic E-state index is 6.22. The molecular formula is C16H21Cl2N3. The van der Waals surface area contributed by atoms with Gasteiger partial charge in [0.25, 0.3) is 0 Å². The molecule has 1 heterocycles. The van der Waals surface area contributed by atoms with Gasteiger partial charge in [0.05, 0.1) is 12.7 Å². The maximum atomic E-state index is 6.22. The molecule has 0 saturated carbocycles. The molecule has 1 aromatic heterocycles. The Balaban J connectivity index is 2.13. The smallest absolute Gasteiger partial charge is 0.0677 e. The normalized spacial score (nSPS) is 11.9. The standard InChI is InChI=1S/C16H21Cl2N3/c1-11-13(8-19-16(2,3)4)9-20-21(11)10-12-5-6-14(17)7-15(12)18/h5-7,9,19H,8,10H2,1-4H3. The minimum atomic E-state index is 0.0913. The highest BCUT2D eigenvalue weighted by Crippen LogP contribution is 2.22. The molecule has 0 amide bonds. The molecule has 0 aliphatic carbocycles. The van der Waals surface area contributed by atoms with Gasteiger partial charge >= 0.3 is 0 Å². The fourth-order valence-corrected chi connectivity index (χ4v) is 2.46. The van der Waals surface area contributed by atoms with Gasteiger partial charge in [-0.1, -0.05) is 29.3 Å². The van der Waals surface area contributed by atoms with E-state index < -0.39 is 0 Å². The van der Waals surface area contributed by atoms with E-state index in [0.717, 1.165) is 17.8 Å². The minimum Gasteiger partial charge on any atom is -0.308 e. The van der Waals surface area contributed by atoms with Crippen molar-refractivity contribution in [2.75, 3.05) is 0 Å². The highest BCUT2D eigenvalue weighted by Gasteiger charge is 2.12. The zero-order valence-corrected chi connectivity index (χ0v) is 14.4. The van der Waals surface area contributed by atoms with Crippen LogP contribution in [0.25, 0.3) is 0 Å². The van der Waals surface area contributed by atoms with E-state index >= 15 is 0 Å². The molecule has 1 aromatic carbocycles. The largest absolute Gasteiger partial charge is 0.308 e. The Morgan fingerprint density at radius 3 is 2.52 bits per heavy atom. The van der Waals surface area contributed by atoms with Crippen LogP contribution < -0.4 is 5.32 Å². The fraction of sp³-hybridized carbons (Fsp3) is 0.438. The Morgan fingerprint density at radius 2 is 1.90 bits per heavy atom. The Bertz CT molecular complexity index is 627. The molecule has 0 atom stereocenters. The molecule has 5 heteroatoms. The van der Waals surface area contributed by atoms with Crippen molar-refractivity contribution in [3.8, 4) is 0 Å². The monoisotopic (exact) mass is 325 g/mol. The predicted octanol–water partition coefficient (Wildman–Crippen LogP) is 4.43. The number of rotatable bonds is 4. The van der Waals surface area contributed by atoms with E-state index in [4.69, 9.17) is 23.2 Å². The van der Waals surface area contributed by atoms with Crippen LogP contribution >= 0.6 is 23.2 Å². The van der Waals surface area contributed by atoms with Gasteiger partial charge in [-0.25, -0.2) is 0 Å². The molecule has 0 aliphatic heterocycles. The molecule has 0 aliphatic rings. The molecule has 0 fully saturated rings. The van der Waals surface area contributed by atoms with Crippen LogP contribution in [-0.2, 0) is 13.1 Å². The topological polar surface area (TPSA) is 29.9 Å². The second-order valence-electron chi connectivity index (χ2n) is 6.25. The van der Waals surface area contributed by atoms with Crippen LogP contribution in [0.15, 0.2) is 24.4 Å². The second kappa shape index (κ2) is 6.39. The maximum Gasteiger partial charge on any atom is 0.0677 e. The fourth-order valence-electron chi connectivity index (χ4n) is 1.99. The third-order valence-corrected chi connectivity index (χ3v) is 3.94. The first-order valence-electron chi connectivity index (χ1n) is 6.96. The number of hydrogen-bond donors (Lipinski definition) is 1. The minimum absolute atomic E-state index is 0.0913. The van der Waals surface area contributed by atoms with Crippen LogP contribution in [0.4, 0.5) is 0 Å². The van der Waals surface area contributed by atoms with Gasteiger partial charge in [0.1, 0.15) is 0 Å². The molecule has 2 rings (SSSR count). The molecule has 0 bridgehead atoms. The summed E-state index contributed by atoms with van der Waals surface area (Å²) < 4.78 is 1.97. The van der Waals surface area contributed by atoms with Crippen LogP contribution in [0.5, 0.6) is 0 Å². The molecule has 1 N–H and O–H groups in total. The van der Waals surface area contributed by atoms with Crippen molar-refractivity contribution >= 4 is 23.2 Å². The number of nitrogens with one attached hydrogen (secondary N) is 1. The summed E-state index contributed by atoms with van der Waals surface area (Å²) in [6.07, 6.45) is 1.91. The Kier molecular flexibility index (Phi) is 4.97. The average Bonchev–Trinajstić information content (AvgIpc) is 2.71. The SMILES string of the molecule is Cc1c(CNC(C)(C)C)cnn1Cc1ccc(Cl)cc1Cl. The van der Waals surface area contributed by atoms with Gasteiger partial charge in [0.2, 0.25) is 0 Å². The van der Waals surface area contributed by atoms with E-state index in [1.54, 1.807) is 6.07 Å². The molecule has 2 aromatic rings. The van der Waals surface area contributed by atoms with Gasteiger partial charge in [-0.15, -0.1) is 0 Å². The molecule has 0 spiro atoms. The van der Waals surface area contributed by atoms with Crippen LogP contribution in [0.2, 0.25) is 10.0 Å². The van der Waals surface area contributed by atoms with Crippen molar-refractivity contribution in [3.63, 3.8) is 0 Å². The van der Waals surface area contributed by atoms with Crippen LogP contribution in [0.1, 0.15) is 37.6 Å². The summed E-state index contributed by atoms with van der Waals surface area (Å²) in [7, 11) is 0. The summed E-state index contributed by atoms with van der Waals surface area (Å²) in [5, 5.41) is 9.26. The summed E-state index contributed by atoms with van der Waals surface area (Å²) in [5.41, 5.74) is 3.46. The van der Waals surface area contributed by atoms with Crippen molar-refractivity contribution in [1.82, 2.24) is 15.1 Å². The van der Waals surface area contributed by atoms with Crippen molar-refractivity contribution in [1.29, 1.82) is 0 Å². The molecule has 0 unspecified atom stereocenters. The molecule has 114 valence electrons. The Labute approximate surface area is 136 Å². The summed E-state index contributed by atoms with van der Waals surface area (Å²) >= 11 is 12.1. The number of nitrogens with zero attached hydrogens (tertiary/aromatic N) is 2. The van der Waals surface area contributed by atoms with Crippen LogP contribution in [0, 0.1) is 6.92 Å². The van der Waals surface area contributed by atoms with Crippen LogP contribution in [0.3, 0.4) is 0 Å². The van der Waals surface area contributed by atoms with Gasteiger partial charge < -0.3 is 5.32 Å². The molecule has 3 nitrogen and oxygen atoms in total. The average molecular weight is 326 g/mol. The number of benzene rings is 1. The van der Waals surface area contributed by atoms with Crippen molar-refractivity contribution < 1.29 is 0 Å². The van der Waals surface area contributed by atoms with Crippen molar-refractivity contribution in [3.05, 3.63) is 51.3 Å². The predicted molar refractivity (Wildman–Crippen MR) is 89.1 cm³/mol. The molecule has 0 radical (unpaired) electrons. The molecular weight excluding hydrogens is 305 g/mol.